The molecule has 0 radical (unpaired) electrons. The van der Waals surface area contributed by atoms with Gasteiger partial charge >= 0.3 is 6.09 Å². The molecule has 2 aromatic heterocycles. The van der Waals surface area contributed by atoms with Gasteiger partial charge in [0.15, 0.2) is 5.65 Å². The first kappa shape index (κ1) is 18.2. The predicted molar refractivity (Wildman–Crippen MR) is 110 cm³/mol. The van der Waals surface area contributed by atoms with Gasteiger partial charge in [-0.15, -0.1) is 0 Å². The fourth-order valence-corrected chi connectivity index (χ4v) is 3.20. The molecule has 0 aliphatic carbocycles. The smallest absolute Gasteiger partial charge is 0.410 e. The molecule has 1 aromatic carbocycles. The standard InChI is InChI=1S/C22H24N4O2/c1-22(2,3)28-21(27)25-14-17(15-25)26-20-18(10-7-13-23-20)19(24-26)12-11-16-8-5-4-6-9-16/h4-13,17H,14-15H2,1-3H3/b12-11+. The number of hydrogen-bond donors (Lipinski definition) is 0. The van der Waals surface area contributed by atoms with E-state index in [-0.39, 0.29) is 12.1 Å². The van der Waals surface area contributed by atoms with Gasteiger partial charge in [0.05, 0.1) is 11.7 Å². The predicted octanol–water partition coefficient (Wildman–Crippen LogP) is 4.39. The third-order valence-electron chi connectivity index (χ3n) is 4.59. The summed E-state index contributed by atoms with van der Waals surface area (Å²) in [7, 11) is 0. The van der Waals surface area contributed by atoms with Crippen molar-refractivity contribution in [3.63, 3.8) is 0 Å². The summed E-state index contributed by atoms with van der Waals surface area (Å²) >= 11 is 0. The molecule has 1 amide bonds. The molecule has 1 aliphatic heterocycles. The van der Waals surface area contributed by atoms with Gasteiger partial charge in [-0.25, -0.2) is 14.5 Å². The molecule has 1 aliphatic rings. The molecule has 0 N–H and O–H groups in total. The number of carbonyl (C=O) groups excluding carboxylic acids is 1. The zero-order valence-corrected chi connectivity index (χ0v) is 16.4. The Balaban J connectivity index is 1.55. The second kappa shape index (κ2) is 7.11. The van der Waals surface area contributed by atoms with Crippen molar-refractivity contribution in [2.24, 2.45) is 0 Å². The van der Waals surface area contributed by atoms with Crippen LogP contribution in [-0.4, -0.2) is 44.4 Å². The molecule has 0 atom stereocenters. The van der Waals surface area contributed by atoms with Crippen LogP contribution >= 0.6 is 0 Å². The van der Waals surface area contributed by atoms with Crippen LogP contribution in [0.4, 0.5) is 4.79 Å². The van der Waals surface area contributed by atoms with Crippen LogP contribution in [0.15, 0.2) is 48.7 Å². The average molecular weight is 376 g/mol. The van der Waals surface area contributed by atoms with Crippen molar-refractivity contribution in [2.75, 3.05) is 13.1 Å². The van der Waals surface area contributed by atoms with Crippen LogP contribution in [-0.2, 0) is 4.74 Å². The Kier molecular flexibility index (Phi) is 4.63. The number of rotatable bonds is 3. The Hall–Kier alpha value is -3.15. The number of amides is 1. The molecule has 0 unspecified atom stereocenters. The van der Waals surface area contributed by atoms with Crippen LogP contribution in [0.25, 0.3) is 23.2 Å². The lowest BCUT2D eigenvalue weighted by Gasteiger charge is -2.39. The van der Waals surface area contributed by atoms with E-state index in [0.717, 1.165) is 22.3 Å². The van der Waals surface area contributed by atoms with Gasteiger partial charge in [0, 0.05) is 24.7 Å². The fourth-order valence-electron chi connectivity index (χ4n) is 3.20. The summed E-state index contributed by atoms with van der Waals surface area (Å²) in [6.45, 7) is 6.77. The molecule has 4 rings (SSSR count). The molecule has 0 saturated carbocycles. The highest BCUT2D eigenvalue weighted by molar-refractivity contribution is 5.87. The van der Waals surface area contributed by atoms with Crippen molar-refractivity contribution in [3.8, 4) is 0 Å². The van der Waals surface area contributed by atoms with Crippen LogP contribution in [0.2, 0.25) is 0 Å². The van der Waals surface area contributed by atoms with Gasteiger partial charge in [0.2, 0.25) is 0 Å². The molecule has 3 heterocycles. The molecular weight excluding hydrogens is 352 g/mol. The Morgan fingerprint density at radius 2 is 1.86 bits per heavy atom. The van der Waals surface area contributed by atoms with E-state index in [9.17, 15) is 4.79 Å². The third kappa shape index (κ3) is 3.76. The maximum Gasteiger partial charge on any atom is 0.410 e. The number of aromatic nitrogens is 3. The zero-order valence-electron chi connectivity index (χ0n) is 16.4. The SMILES string of the molecule is CC(C)(C)OC(=O)N1CC(n2nc(/C=C/c3ccccc3)c3cccnc32)C1. The van der Waals surface area contributed by atoms with Gasteiger partial charge in [-0.2, -0.15) is 5.10 Å². The van der Waals surface area contributed by atoms with E-state index < -0.39 is 5.60 Å². The number of likely N-dealkylation sites (tertiary alicyclic amines) is 1. The summed E-state index contributed by atoms with van der Waals surface area (Å²) in [5.74, 6) is 0. The molecule has 3 aromatic rings. The number of benzene rings is 1. The van der Waals surface area contributed by atoms with E-state index in [2.05, 4.69) is 17.1 Å². The van der Waals surface area contributed by atoms with Gasteiger partial charge in [-0.3, -0.25) is 0 Å². The summed E-state index contributed by atoms with van der Waals surface area (Å²) in [5.41, 5.74) is 2.35. The van der Waals surface area contributed by atoms with Crippen molar-refractivity contribution in [3.05, 3.63) is 59.9 Å². The van der Waals surface area contributed by atoms with E-state index in [1.54, 1.807) is 11.1 Å². The summed E-state index contributed by atoms with van der Waals surface area (Å²) in [4.78, 5) is 18.4. The zero-order chi connectivity index (χ0) is 19.7. The molecule has 1 saturated heterocycles. The summed E-state index contributed by atoms with van der Waals surface area (Å²) < 4.78 is 7.37. The van der Waals surface area contributed by atoms with E-state index in [1.165, 1.54) is 0 Å². The highest BCUT2D eigenvalue weighted by atomic mass is 16.6. The topological polar surface area (TPSA) is 60.2 Å². The fraction of sp³-hybridized carbons (Fsp3) is 0.318. The Morgan fingerprint density at radius 3 is 2.57 bits per heavy atom. The van der Waals surface area contributed by atoms with E-state index in [1.807, 2.05) is 67.9 Å². The van der Waals surface area contributed by atoms with Crippen molar-refractivity contribution < 1.29 is 9.53 Å². The number of hydrogen-bond acceptors (Lipinski definition) is 4. The monoisotopic (exact) mass is 376 g/mol. The number of carbonyl (C=O) groups is 1. The first-order chi connectivity index (χ1) is 13.4. The van der Waals surface area contributed by atoms with Crippen LogP contribution in [0, 0.1) is 0 Å². The van der Waals surface area contributed by atoms with E-state index in [0.29, 0.717) is 13.1 Å². The Morgan fingerprint density at radius 1 is 1.11 bits per heavy atom. The number of ether oxygens (including phenoxy) is 1. The highest BCUT2D eigenvalue weighted by Crippen LogP contribution is 2.28. The molecular formula is C22H24N4O2. The van der Waals surface area contributed by atoms with Crippen molar-refractivity contribution in [1.82, 2.24) is 19.7 Å². The Bertz CT molecular complexity index is 1010. The quantitative estimate of drug-likeness (QED) is 0.680. The second-order valence-corrected chi connectivity index (χ2v) is 7.99. The number of nitrogens with zero attached hydrogens (tertiary/aromatic N) is 4. The van der Waals surface area contributed by atoms with Crippen molar-refractivity contribution >= 4 is 29.3 Å². The average Bonchev–Trinajstić information content (AvgIpc) is 2.97. The molecule has 6 heteroatoms. The number of pyridine rings is 1. The molecule has 28 heavy (non-hydrogen) atoms. The van der Waals surface area contributed by atoms with Crippen LogP contribution < -0.4 is 0 Å². The summed E-state index contributed by atoms with van der Waals surface area (Å²) in [5, 5.41) is 5.79. The summed E-state index contributed by atoms with van der Waals surface area (Å²) in [6, 6.07) is 14.2. The minimum Gasteiger partial charge on any atom is -0.444 e. The minimum absolute atomic E-state index is 0.101. The van der Waals surface area contributed by atoms with Crippen LogP contribution in [0.1, 0.15) is 38.1 Å². The van der Waals surface area contributed by atoms with Gasteiger partial charge in [-0.1, -0.05) is 36.4 Å². The molecule has 0 bridgehead atoms. The van der Waals surface area contributed by atoms with Gasteiger partial charge in [0.25, 0.3) is 0 Å². The van der Waals surface area contributed by atoms with Crippen LogP contribution in [0.5, 0.6) is 0 Å². The van der Waals surface area contributed by atoms with Gasteiger partial charge in [0.1, 0.15) is 5.60 Å². The minimum atomic E-state index is -0.489. The molecule has 0 spiro atoms. The summed E-state index contributed by atoms with van der Waals surface area (Å²) in [6.07, 6.45) is 5.56. The lowest BCUT2D eigenvalue weighted by molar-refractivity contribution is 0.0000805. The highest BCUT2D eigenvalue weighted by Gasteiger charge is 2.36. The maximum atomic E-state index is 12.2. The first-order valence-electron chi connectivity index (χ1n) is 9.45. The maximum absolute atomic E-state index is 12.2. The second-order valence-electron chi connectivity index (χ2n) is 7.99. The van der Waals surface area contributed by atoms with Crippen molar-refractivity contribution in [2.45, 2.75) is 32.4 Å². The third-order valence-corrected chi connectivity index (χ3v) is 4.59. The van der Waals surface area contributed by atoms with Crippen molar-refractivity contribution in [1.29, 1.82) is 0 Å². The molecule has 6 nitrogen and oxygen atoms in total. The largest absolute Gasteiger partial charge is 0.444 e. The van der Waals surface area contributed by atoms with Crippen LogP contribution in [0.3, 0.4) is 0 Å². The lowest BCUT2D eigenvalue weighted by Crippen LogP contribution is -2.52. The number of fused-ring (bicyclic) bond motifs is 1. The molecule has 1 fully saturated rings. The lowest BCUT2D eigenvalue weighted by atomic mass is 10.1. The first-order valence-corrected chi connectivity index (χ1v) is 9.45. The van der Waals surface area contributed by atoms with E-state index in [4.69, 9.17) is 9.84 Å². The normalized spacial score (nSPS) is 15.2. The van der Waals surface area contributed by atoms with Gasteiger partial charge < -0.3 is 9.64 Å². The molecule has 144 valence electrons. The van der Waals surface area contributed by atoms with Gasteiger partial charge in [-0.05, 0) is 44.5 Å². The Labute approximate surface area is 164 Å². The van der Waals surface area contributed by atoms with E-state index >= 15 is 0 Å².